The molecule has 0 unspecified atom stereocenters. The second-order valence-corrected chi connectivity index (χ2v) is 7.89. The van der Waals surface area contributed by atoms with Crippen molar-refractivity contribution in [2.45, 2.75) is 33.4 Å². The zero-order chi connectivity index (χ0) is 18.4. The van der Waals surface area contributed by atoms with Gasteiger partial charge in [-0.25, -0.2) is 0 Å². The minimum atomic E-state index is -0.0763. The summed E-state index contributed by atoms with van der Waals surface area (Å²) in [7, 11) is 0. The minimum absolute atomic E-state index is 0.0763. The van der Waals surface area contributed by atoms with Gasteiger partial charge in [0, 0.05) is 28.2 Å². The van der Waals surface area contributed by atoms with Gasteiger partial charge in [0.2, 0.25) is 5.78 Å². The molecular weight excluding hydrogens is 394 g/mol. The summed E-state index contributed by atoms with van der Waals surface area (Å²) in [5.41, 5.74) is 3.48. The average molecular weight is 414 g/mol. The van der Waals surface area contributed by atoms with Crippen molar-refractivity contribution < 1.29 is 14.3 Å². The molecule has 0 fully saturated rings. The molecular formula is C21H20BrNO3. The number of rotatable bonds is 2. The fraction of sp³-hybridized carbons (Fsp3) is 0.286. The minimum Gasteiger partial charge on any atom is -0.477 e. The van der Waals surface area contributed by atoms with Crippen molar-refractivity contribution in [3.05, 3.63) is 62.8 Å². The molecule has 0 aliphatic carbocycles. The molecule has 0 atom stereocenters. The Balaban J connectivity index is 1.72. The third-order valence-corrected chi connectivity index (χ3v) is 5.33. The molecule has 0 bridgehead atoms. The van der Waals surface area contributed by atoms with E-state index in [0.717, 1.165) is 33.5 Å². The summed E-state index contributed by atoms with van der Waals surface area (Å²) in [6, 6.07) is 10.1. The van der Waals surface area contributed by atoms with Crippen LogP contribution in [-0.4, -0.2) is 23.5 Å². The maximum Gasteiger partial charge on any atom is 0.231 e. The van der Waals surface area contributed by atoms with Crippen LogP contribution < -0.4 is 9.47 Å². The Kier molecular flexibility index (Phi) is 4.37. The molecule has 2 aliphatic heterocycles. The van der Waals surface area contributed by atoms with E-state index < -0.39 is 0 Å². The van der Waals surface area contributed by atoms with Crippen LogP contribution in [0.1, 0.15) is 40.9 Å². The van der Waals surface area contributed by atoms with E-state index in [1.54, 1.807) is 6.08 Å². The van der Waals surface area contributed by atoms with E-state index in [2.05, 4.69) is 34.7 Å². The molecule has 26 heavy (non-hydrogen) atoms. The fourth-order valence-corrected chi connectivity index (χ4v) is 3.76. The lowest BCUT2D eigenvalue weighted by molar-refractivity contribution is 0.0678. The molecule has 0 amide bonds. The van der Waals surface area contributed by atoms with E-state index in [1.807, 2.05) is 37.3 Å². The lowest BCUT2D eigenvalue weighted by Crippen LogP contribution is -2.37. The summed E-state index contributed by atoms with van der Waals surface area (Å²) in [5.74, 6) is 1.74. The number of allylic oxidation sites excluding steroid dienone is 1. The van der Waals surface area contributed by atoms with E-state index >= 15 is 0 Å². The summed E-state index contributed by atoms with van der Waals surface area (Å²) in [6.07, 6.45) is 1.78. The van der Waals surface area contributed by atoms with Gasteiger partial charge in [-0.1, -0.05) is 28.1 Å². The molecule has 2 aromatic carbocycles. The van der Waals surface area contributed by atoms with E-state index in [1.165, 1.54) is 0 Å². The number of benzene rings is 2. The summed E-state index contributed by atoms with van der Waals surface area (Å²) in [5, 5.41) is 0. The van der Waals surface area contributed by atoms with Gasteiger partial charge in [0.05, 0.1) is 5.56 Å². The number of ketones is 1. The van der Waals surface area contributed by atoms with Crippen molar-refractivity contribution in [1.82, 2.24) is 4.90 Å². The van der Waals surface area contributed by atoms with Crippen molar-refractivity contribution >= 4 is 27.8 Å². The van der Waals surface area contributed by atoms with E-state index in [-0.39, 0.29) is 5.78 Å². The number of fused-ring (bicyclic) bond motifs is 2. The van der Waals surface area contributed by atoms with Crippen LogP contribution in [0.15, 0.2) is 40.6 Å². The van der Waals surface area contributed by atoms with Crippen LogP contribution in [0.3, 0.4) is 0 Å². The molecule has 4 rings (SSSR count). The SMILES string of the molecule is Cc1c2c(cc3c1O/C(=C\c1cccc(Br)c1)C3=O)CN(C(C)C)CO2. The molecule has 0 saturated carbocycles. The van der Waals surface area contributed by atoms with Crippen LogP contribution in [0.25, 0.3) is 6.08 Å². The zero-order valence-corrected chi connectivity index (χ0v) is 16.6. The van der Waals surface area contributed by atoms with Crippen LogP contribution in [0.5, 0.6) is 11.5 Å². The van der Waals surface area contributed by atoms with Crippen molar-refractivity contribution in [3.8, 4) is 11.5 Å². The molecule has 4 nitrogen and oxygen atoms in total. The highest BCUT2D eigenvalue weighted by Gasteiger charge is 2.33. The van der Waals surface area contributed by atoms with Gasteiger partial charge in [0.1, 0.15) is 18.2 Å². The van der Waals surface area contributed by atoms with Crippen LogP contribution >= 0.6 is 15.9 Å². The van der Waals surface area contributed by atoms with E-state index in [0.29, 0.717) is 29.8 Å². The monoisotopic (exact) mass is 413 g/mol. The highest BCUT2D eigenvalue weighted by molar-refractivity contribution is 9.10. The number of Topliss-reactive ketones (excluding diaryl/α,β-unsaturated/α-hetero) is 1. The Hall–Kier alpha value is -2.11. The molecule has 0 saturated heterocycles. The molecule has 2 heterocycles. The Morgan fingerprint density at radius 3 is 2.77 bits per heavy atom. The van der Waals surface area contributed by atoms with Gasteiger partial charge in [-0.05, 0) is 50.6 Å². The molecule has 0 aromatic heterocycles. The number of carbonyl (C=O) groups is 1. The smallest absolute Gasteiger partial charge is 0.231 e. The molecule has 0 N–H and O–H groups in total. The van der Waals surface area contributed by atoms with Crippen LogP contribution in [0, 0.1) is 6.92 Å². The topological polar surface area (TPSA) is 38.8 Å². The predicted molar refractivity (Wildman–Crippen MR) is 104 cm³/mol. The highest BCUT2D eigenvalue weighted by Crippen LogP contribution is 2.43. The van der Waals surface area contributed by atoms with Crippen LogP contribution in [0.4, 0.5) is 0 Å². The quantitative estimate of drug-likeness (QED) is 0.653. The van der Waals surface area contributed by atoms with Crippen molar-refractivity contribution in [3.63, 3.8) is 0 Å². The first-order valence-electron chi connectivity index (χ1n) is 8.67. The van der Waals surface area contributed by atoms with Gasteiger partial charge in [0.15, 0.2) is 5.76 Å². The van der Waals surface area contributed by atoms with E-state index in [4.69, 9.17) is 9.47 Å². The lowest BCUT2D eigenvalue weighted by atomic mass is 9.99. The van der Waals surface area contributed by atoms with Crippen LogP contribution in [-0.2, 0) is 6.54 Å². The number of hydrogen-bond donors (Lipinski definition) is 0. The van der Waals surface area contributed by atoms with Gasteiger partial charge in [0.25, 0.3) is 0 Å². The predicted octanol–water partition coefficient (Wildman–Crippen LogP) is 4.93. The number of halogens is 1. The largest absolute Gasteiger partial charge is 0.477 e. The third kappa shape index (κ3) is 2.95. The Morgan fingerprint density at radius 2 is 2.04 bits per heavy atom. The Bertz CT molecular complexity index is 933. The fourth-order valence-electron chi connectivity index (χ4n) is 3.35. The van der Waals surface area contributed by atoms with Crippen molar-refractivity contribution in [2.24, 2.45) is 0 Å². The molecule has 0 radical (unpaired) electrons. The first-order chi connectivity index (χ1) is 12.4. The van der Waals surface area contributed by atoms with Crippen molar-refractivity contribution in [1.29, 1.82) is 0 Å². The summed E-state index contributed by atoms with van der Waals surface area (Å²) in [4.78, 5) is 15.1. The Morgan fingerprint density at radius 1 is 1.23 bits per heavy atom. The number of hydrogen-bond acceptors (Lipinski definition) is 4. The van der Waals surface area contributed by atoms with Crippen LogP contribution in [0.2, 0.25) is 0 Å². The maximum atomic E-state index is 12.9. The Labute approximate surface area is 161 Å². The molecule has 5 heteroatoms. The van der Waals surface area contributed by atoms with Gasteiger partial charge < -0.3 is 9.47 Å². The van der Waals surface area contributed by atoms with Gasteiger partial charge in [-0.2, -0.15) is 0 Å². The van der Waals surface area contributed by atoms with E-state index in [9.17, 15) is 4.79 Å². The normalized spacial score (nSPS) is 17.9. The van der Waals surface area contributed by atoms with Crippen molar-refractivity contribution in [2.75, 3.05) is 6.73 Å². The molecule has 2 aliphatic rings. The molecule has 0 spiro atoms. The zero-order valence-electron chi connectivity index (χ0n) is 15.0. The first kappa shape index (κ1) is 17.3. The number of carbonyl (C=O) groups excluding carboxylic acids is 1. The highest BCUT2D eigenvalue weighted by atomic mass is 79.9. The van der Waals surface area contributed by atoms with Gasteiger partial charge in [-0.3, -0.25) is 9.69 Å². The molecule has 134 valence electrons. The number of ether oxygens (including phenoxy) is 2. The van der Waals surface area contributed by atoms with Gasteiger partial charge in [-0.15, -0.1) is 0 Å². The standard InChI is InChI=1S/C21H20BrNO3/c1-12(2)23-10-15-9-17-19(24)18(8-14-5-4-6-16(22)7-14)26-21(17)13(3)20(15)25-11-23/h4-9,12H,10-11H2,1-3H3/b18-8-. The second kappa shape index (κ2) is 6.56. The summed E-state index contributed by atoms with van der Waals surface area (Å²) in [6.45, 7) is 7.57. The lowest BCUT2D eigenvalue weighted by Gasteiger charge is -2.32. The average Bonchev–Trinajstić information content (AvgIpc) is 2.91. The first-order valence-corrected chi connectivity index (χ1v) is 9.46. The molecule has 2 aromatic rings. The van der Waals surface area contributed by atoms with Gasteiger partial charge >= 0.3 is 0 Å². The second-order valence-electron chi connectivity index (χ2n) is 6.98. The summed E-state index contributed by atoms with van der Waals surface area (Å²) >= 11 is 3.45. The number of nitrogens with zero attached hydrogens (tertiary/aromatic N) is 1. The summed E-state index contributed by atoms with van der Waals surface area (Å²) < 4.78 is 12.9. The third-order valence-electron chi connectivity index (χ3n) is 4.84. The maximum absolute atomic E-state index is 12.9.